The molecular weight excluding hydrogens is 188 g/mol. The summed E-state index contributed by atoms with van der Waals surface area (Å²) in [4.78, 5) is 18.3. The number of aliphatic imine (C=N–C) groups is 1. The topological polar surface area (TPSA) is 32.7 Å². The summed E-state index contributed by atoms with van der Waals surface area (Å²) in [6, 6.07) is 0.994. The van der Waals surface area contributed by atoms with Gasteiger partial charge < -0.3 is 4.90 Å². The van der Waals surface area contributed by atoms with Crippen molar-refractivity contribution in [2.45, 2.75) is 51.6 Å². The Bertz CT molecular complexity index is 298. The van der Waals surface area contributed by atoms with Gasteiger partial charge in [-0.15, -0.1) is 0 Å². The van der Waals surface area contributed by atoms with Crippen LogP contribution in [0.25, 0.3) is 0 Å². The lowest BCUT2D eigenvalue weighted by Gasteiger charge is -2.24. The van der Waals surface area contributed by atoms with E-state index in [2.05, 4.69) is 23.9 Å². The van der Waals surface area contributed by atoms with E-state index in [0.29, 0.717) is 23.8 Å². The van der Waals surface area contributed by atoms with Crippen LogP contribution in [0.15, 0.2) is 4.99 Å². The number of carbonyl (C=O) groups is 1. The molecule has 1 saturated carbocycles. The van der Waals surface area contributed by atoms with Crippen LogP contribution in [0.5, 0.6) is 0 Å². The molecule has 2 rings (SSSR count). The van der Waals surface area contributed by atoms with Crippen LogP contribution < -0.4 is 0 Å². The fraction of sp³-hybridized carbons (Fsp3) is 0.833. The quantitative estimate of drug-likeness (QED) is 0.659. The van der Waals surface area contributed by atoms with Gasteiger partial charge in [0.15, 0.2) is 0 Å². The van der Waals surface area contributed by atoms with Crippen molar-refractivity contribution < 1.29 is 4.79 Å². The van der Waals surface area contributed by atoms with E-state index in [-0.39, 0.29) is 0 Å². The minimum atomic E-state index is 0.291. The highest BCUT2D eigenvalue weighted by molar-refractivity contribution is 5.82. The van der Waals surface area contributed by atoms with Gasteiger partial charge in [0.2, 0.25) is 0 Å². The number of amidine groups is 1. The number of hydrogen-bond acceptors (Lipinski definition) is 3. The summed E-state index contributed by atoms with van der Waals surface area (Å²) in [6.07, 6.45) is 4.27. The number of Topliss-reactive ketones (excluding diaryl/α,β-unsaturated/α-hetero) is 1. The largest absolute Gasteiger partial charge is 0.359 e. The predicted octanol–water partition coefficient (Wildman–Crippen LogP) is 1.87. The Morgan fingerprint density at radius 3 is 2.67 bits per heavy atom. The Morgan fingerprint density at radius 2 is 2.00 bits per heavy atom. The summed E-state index contributed by atoms with van der Waals surface area (Å²) in [5.74, 6) is 1.81. The molecule has 0 aromatic heterocycles. The highest BCUT2D eigenvalue weighted by Crippen LogP contribution is 2.31. The first-order valence-electron chi connectivity index (χ1n) is 5.87. The molecule has 0 spiro atoms. The molecule has 1 aliphatic carbocycles. The van der Waals surface area contributed by atoms with Crippen LogP contribution >= 0.6 is 0 Å². The van der Waals surface area contributed by atoms with Crippen LogP contribution in [0.1, 0.15) is 39.5 Å². The van der Waals surface area contributed by atoms with Crippen molar-refractivity contribution >= 4 is 11.6 Å². The SMILES string of the molecule is CC(=O)C1CCC2[C@H](CC1)N=C(C)N2C. The summed E-state index contributed by atoms with van der Waals surface area (Å²) in [7, 11) is 2.12. The summed E-state index contributed by atoms with van der Waals surface area (Å²) in [6.45, 7) is 3.81. The van der Waals surface area contributed by atoms with E-state index in [9.17, 15) is 4.79 Å². The third-order valence-electron chi connectivity index (χ3n) is 4.00. The van der Waals surface area contributed by atoms with Gasteiger partial charge in [-0.1, -0.05) is 0 Å². The van der Waals surface area contributed by atoms with E-state index in [1.165, 1.54) is 0 Å². The van der Waals surface area contributed by atoms with Gasteiger partial charge in [-0.25, -0.2) is 0 Å². The molecule has 3 atom stereocenters. The Hall–Kier alpha value is -0.860. The summed E-state index contributed by atoms with van der Waals surface area (Å²) in [5.41, 5.74) is 0. The molecule has 2 aliphatic rings. The molecule has 15 heavy (non-hydrogen) atoms. The number of hydrogen-bond donors (Lipinski definition) is 0. The van der Waals surface area contributed by atoms with Crippen LogP contribution in [0.3, 0.4) is 0 Å². The van der Waals surface area contributed by atoms with Crippen molar-refractivity contribution in [2.24, 2.45) is 10.9 Å². The number of rotatable bonds is 1. The van der Waals surface area contributed by atoms with Gasteiger partial charge in [-0.05, 0) is 39.5 Å². The van der Waals surface area contributed by atoms with Crippen LogP contribution in [0.2, 0.25) is 0 Å². The standard InChI is InChI=1S/C12H20N2O/c1-8(15)10-4-6-11-12(7-5-10)14(3)9(2)13-11/h10-12H,4-7H2,1-3H3/t10?,11-,12?/m0/s1. The summed E-state index contributed by atoms with van der Waals surface area (Å²) >= 11 is 0. The highest BCUT2D eigenvalue weighted by Gasteiger charge is 2.35. The number of ketones is 1. The molecule has 0 bridgehead atoms. The molecule has 0 saturated heterocycles. The summed E-state index contributed by atoms with van der Waals surface area (Å²) in [5, 5.41) is 0. The fourth-order valence-electron chi connectivity index (χ4n) is 2.85. The first-order valence-corrected chi connectivity index (χ1v) is 5.87. The van der Waals surface area contributed by atoms with Gasteiger partial charge >= 0.3 is 0 Å². The first kappa shape index (κ1) is 10.7. The van der Waals surface area contributed by atoms with Gasteiger partial charge in [0.05, 0.1) is 17.9 Å². The Labute approximate surface area is 91.6 Å². The lowest BCUT2D eigenvalue weighted by atomic mass is 9.96. The molecule has 1 fully saturated rings. The van der Waals surface area contributed by atoms with Gasteiger partial charge in [0, 0.05) is 13.0 Å². The Morgan fingerprint density at radius 1 is 1.33 bits per heavy atom. The molecule has 0 N–H and O–H groups in total. The maximum absolute atomic E-state index is 11.4. The Balaban J connectivity index is 2.06. The second-order valence-corrected chi connectivity index (χ2v) is 4.88. The van der Waals surface area contributed by atoms with Crippen LogP contribution in [-0.4, -0.2) is 35.7 Å². The van der Waals surface area contributed by atoms with Gasteiger partial charge in [0.1, 0.15) is 5.78 Å². The average molecular weight is 208 g/mol. The molecule has 0 aromatic carbocycles. The summed E-state index contributed by atoms with van der Waals surface area (Å²) < 4.78 is 0. The van der Waals surface area contributed by atoms with Gasteiger partial charge in [-0.3, -0.25) is 9.79 Å². The average Bonchev–Trinajstić information content (AvgIpc) is 2.40. The molecule has 3 heteroatoms. The second kappa shape index (κ2) is 3.95. The lowest BCUT2D eigenvalue weighted by Crippen LogP contribution is -2.35. The Kier molecular flexibility index (Phi) is 2.81. The smallest absolute Gasteiger partial charge is 0.132 e. The number of likely N-dealkylation sites (N-methyl/N-ethyl adjacent to an activating group) is 1. The van der Waals surface area contributed by atoms with Gasteiger partial charge in [-0.2, -0.15) is 0 Å². The van der Waals surface area contributed by atoms with Crippen LogP contribution in [0.4, 0.5) is 0 Å². The molecule has 2 unspecified atom stereocenters. The zero-order valence-corrected chi connectivity index (χ0v) is 9.86. The van der Waals surface area contributed by atoms with Crippen LogP contribution in [0, 0.1) is 5.92 Å². The maximum Gasteiger partial charge on any atom is 0.132 e. The predicted molar refractivity (Wildman–Crippen MR) is 61.1 cm³/mol. The highest BCUT2D eigenvalue weighted by atomic mass is 16.1. The van der Waals surface area contributed by atoms with E-state index < -0.39 is 0 Å². The minimum absolute atomic E-state index is 0.291. The van der Waals surface area contributed by atoms with Crippen molar-refractivity contribution in [2.75, 3.05) is 7.05 Å². The van der Waals surface area contributed by atoms with E-state index in [4.69, 9.17) is 0 Å². The third-order valence-corrected chi connectivity index (χ3v) is 4.00. The third kappa shape index (κ3) is 1.92. The van der Waals surface area contributed by atoms with Crippen molar-refractivity contribution in [1.82, 2.24) is 4.90 Å². The number of carbonyl (C=O) groups excluding carboxylic acids is 1. The van der Waals surface area contributed by atoms with Crippen molar-refractivity contribution in [1.29, 1.82) is 0 Å². The molecule has 0 aromatic rings. The molecule has 0 radical (unpaired) electrons. The normalized spacial score (nSPS) is 35.8. The van der Waals surface area contributed by atoms with E-state index >= 15 is 0 Å². The maximum atomic E-state index is 11.4. The van der Waals surface area contributed by atoms with E-state index in [1.54, 1.807) is 6.92 Å². The van der Waals surface area contributed by atoms with Crippen molar-refractivity contribution in [3.63, 3.8) is 0 Å². The monoisotopic (exact) mass is 208 g/mol. The number of fused-ring (bicyclic) bond motifs is 1. The number of nitrogens with zero attached hydrogens (tertiary/aromatic N) is 2. The fourth-order valence-corrected chi connectivity index (χ4v) is 2.85. The minimum Gasteiger partial charge on any atom is -0.359 e. The molecule has 0 amide bonds. The van der Waals surface area contributed by atoms with Gasteiger partial charge in [0.25, 0.3) is 0 Å². The van der Waals surface area contributed by atoms with E-state index in [0.717, 1.165) is 31.5 Å². The van der Waals surface area contributed by atoms with Crippen molar-refractivity contribution in [3.05, 3.63) is 0 Å². The molecule has 1 aliphatic heterocycles. The molecular formula is C12H20N2O. The zero-order chi connectivity index (χ0) is 11.0. The lowest BCUT2D eigenvalue weighted by molar-refractivity contribution is -0.121. The van der Waals surface area contributed by atoms with Crippen molar-refractivity contribution in [3.8, 4) is 0 Å². The second-order valence-electron chi connectivity index (χ2n) is 4.88. The molecule has 84 valence electrons. The molecule has 1 heterocycles. The van der Waals surface area contributed by atoms with E-state index in [1.807, 2.05) is 0 Å². The molecule has 3 nitrogen and oxygen atoms in total. The first-order chi connectivity index (χ1) is 7.09. The van der Waals surface area contributed by atoms with Crippen LogP contribution in [-0.2, 0) is 4.79 Å². The zero-order valence-electron chi connectivity index (χ0n) is 9.86.